The Balaban J connectivity index is 1.42. The van der Waals surface area contributed by atoms with Gasteiger partial charge in [0.1, 0.15) is 17.4 Å². The summed E-state index contributed by atoms with van der Waals surface area (Å²) in [5, 5.41) is 2.70. The zero-order valence-corrected chi connectivity index (χ0v) is 15.2. The standard InChI is InChI=1S/C20H19N5O3/c26-18(24-8-4-7-20(12-24)11-22-19(27)28-20)14-9-16-17(21-10-14)25(13-23-16)15-5-2-1-3-6-15/h1-3,5-6,9-10,13H,4,7-8,11-12H2,(H,22,27). The van der Waals surface area contributed by atoms with Gasteiger partial charge >= 0.3 is 6.09 Å². The molecule has 0 saturated carbocycles. The first kappa shape index (κ1) is 16.7. The highest BCUT2D eigenvalue weighted by Gasteiger charge is 2.44. The van der Waals surface area contributed by atoms with Crippen molar-refractivity contribution in [3.63, 3.8) is 0 Å². The summed E-state index contributed by atoms with van der Waals surface area (Å²) in [7, 11) is 0. The second-order valence-corrected chi connectivity index (χ2v) is 7.27. The third-order valence-corrected chi connectivity index (χ3v) is 5.36. The number of nitrogens with zero attached hydrogens (tertiary/aromatic N) is 4. The van der Waals surface area contributed by atoms with Crippen LogP contribution in [0.15, 0.2) is 48.9 Å². The number of rotatable bonds is 2. The number of piperidine rings is 1. The molecule has 2 aliphatic rings. The van der Waals surface area contributed by atoms with Crippen LogP contribution in [0.2, 0.25) is 0 Å². The van der Waals surface area contributed by atoms with Gasteiger partial charge in [-0.15, -0.1) is 0 Å². The van der Waals surface area contributed by atoms with Crippen molar-refractivity contribution < 1.29 is 14.3 Å². The average Bonchev–Trinajstić information content (AvgIpc) is 3.31. The zero-order valence-electron chi connectivity index (χ0n) is 15.2. The molecule has 5 rings (SSSR count). The lowest BCUT2D eigenvalue weighted by atomic mass is 9.92. The normalized spacial score (nSPS) is 21.7. The van der Waals surface area contributed by atoms with E-state index in [2.05, 4.69) is 15.3 Å². The molecule has 8 heteroatoms. The van der Waals surface area contributed by atoms with Crippen molar-refractivity contribution in [2.75, 3.05) is 19.6 Å². The van der Waals surface area contributed by atoms with Crippen molar-refractivity contribution in [2.45, 2.75) is 18.4 Å². The summed E-state index contributed by atoms with van der Waals surface area (Å²) < 4.78 is 7.35. The van der Waals surface area contributed by atoms with Gasteiger partial charge in [-0.2, -0.15) is 0 Å². The molecule has 2 fully saturated rings. The first-order valence-corrected chi connectivity index (χ1v) is 9.28. The van der Waals surface area contributed by atoms with Gasteiger partial charge in [-0.05, 0) is 31.0 Å². The number of benzene rings is 1. The van der Waals surface area contributed by atoms with Crippen molar-refractivity contribution in [1.29, 1.82) is 0 Å². The Kier molecular flexibility index (Phi) is 3.78. The molecule has 4 heterocycles. The number of hydrogen-bond acceptors (Lipinski definition) is 5. The number of pyridine rings is 1. The van der Waals surface area contributed by atoms with E-state index in [9.17, 15) is 9.59 Å². The van der Waals surface area contributed by atoms with Crippen LogP contribution in [0.3, 0.4) is 0 Å². The summed E-state index contributed by atoms with van der Waals surface area (Å²) in [4.78, 5) is 35.1. The van der Waals surface area contributed by atoms with Crippen molar-refractivity contribution in [3.05, 3.63) is 54.5 Å². The van der Waals surface area contributed by atoms with Gasteiger partial charge in [0.25, 0.3) is 5.91 Å². The lowest BCUT2D eigenvalue weighted by molar-refractivity contribution is -0.00504. The Labute approximate surface area is 161 Å². The summed E-state index contributed by atoms with van der Waals surface area (Å²) in [6.07, 6.45) is 4.43. The molecule has 1 aromatic carbocycles. The minimum Gasteiger partial charge on any atom is -0.439 e. The highest BCUT2D eigenvalue weighted by Crippen LogP contribution is 2.29. The number of hydrogen-bond donors (Lipinski definition) is 1. The number of alkyl carbamates (subject to hydrolysis) is 1. The number of fused-ring (bicyclic) bond motifs is 1. The highest BCUT2D eigenvalue weighted by molar-refractivity contribution is 5.96. The van der Waals surface area contributed by atoms with Gasteiger partial charge in [0.2, 0.25) is 0 Å². The topological polar surface area (TPSA) is 89.4 Å². The third kappa shape index (κ3) is 2.77. The molecule has 3 aromatic rings. The molecule has 1 atom stereocenters. The molecule has 0 aliphatic carbocycles. The number of aromatic nitrogens is 3. The smallest absolute Gasteiger partial charge is 0.407 e. The number of para-hydroxylation sites is 1. The third-order valence-electron chi connectivity index (χ3n) is 5.36. The number of amides is 2. The van der Waals surface area contributed by atoms with Crippen LogP contribution in [0, 0.1) is 0 Å². The number of carbonyl (C=O) groups excluding carboxylic acids is 2. The molecule has 2 aromatic heterocycles. The van der Waals surface area contributed by atoms with Gasteiger partial charge in [-0.25, -0.2) is 14.8 Å². The number of imidazole rings is 1. The zero-order chi connectivity index (χ0) is 19.1. The minimum absolute atomic E-state index is 0.120. The van der Waals surface area contributed by atoms with Crippen LogP contribution in [0.25, 0.3) is 16.9 Å². The van der Waals surface area contributed by atoms with E-state index in [1.807, 2.05) is 34.9 Å². The van der Waals surface area contributed by atoms with Crippen LogP contribution in [-0.2, 0) is 4.74 Å². The molecule has 2 aliphatic heterocycles. The summed E-state index contributed by atoms with van der Waals surface area (Å²) >= 11 is 0. The fourth-order valence-electron chi connectivity index (χ4n) is 3.98. The lowest BCUT2D eigenvalue weighted by Crippen LogP contribution is -2.52. The quantitative estimate of drug-likeness (QED) is 0.739. The Morgan fingerprint density at radius 3 is 2.86 bits per heavy atom. The molecule has 1 spiro atoms. The van der Waals surface area contributed by atoms with Crippen LogP contribution >= 0.6 is 0 Å². The maximum atomic E-state index is 13.0. The van der Waals surface area contributed by atoms with Crippen LogP contribution in [-0.4, -0.2) is 56.7 Å². The molecule has 0 radical (unpaired) electrons. The minimum atomic E-state index is -0.614. The van der Waals surface area contributed by atoms with Gasteiger partial charge in [0.05, 0.1) is 18.7 Å². The monoisotopic (exact) mass is 377 g/mol. The van der Waals surface area contributed by atoms with Crippen molar-refractivity contribution in [2.24, 2.45) is 0 Å². The SMILES string of the molecule is O=C1NCC2(CCCN(C(=O)c3cnc4c(c3)ncn4-c3ccccc3)C2)O1. The predicted octanol–water partition coefficient (Wildman–Crippen LogP) is 2.14. The van der Waals surface area contributed by atoms with E-state index in [1.165, 1.54) is 0 Å². The highest BCUT2D eigenvalue weighted by atomic mass is 16.6. The molecule has 8 nitrogen and oxygen atoms in total. The van der Waals surface area contributed by atoms with E-state index in [-0.39, 0.29) is 5.91 Å². The average molecular weight is 377 g/mol. The van der Waals surface area contributed by atoms with Crippen molar-refractivity contribution >= 4 is 23.2 Å². The molecule has 2 amide bonds. The maximum Gasteiger partial charge on any atom is 0.407 e. The van der Waals surface area contributed by atoms with Crippen molar-refractivity contribution in [1.82, 2.24) is 24.8 Å². The van der Waals surface area contributed by atoms with Gasteiger partial charge in [-0.1, -0.05) is 18.2 Å². The fourth-order valence-corrected chi connectivity index (χ4v) is 3.98. The Bertz CT molecular complexity index is 1060. The summed E-state index contributed by atoms with van der Waals surface area (Å²) in [6, 6.07) is 11.6. The molecular weight excluding hydrogens is 358 g/mol. The van der Waals surface area contributed by atoms with Crippen molar-refractivity contribution in [3.8, 4) is 5.69 Å². The molecule has 1 N–H and O–H groups in total. The van der Waals surface area contributed by atoms with Gasteiger partial charge in [0, 0.05) is 18.4 Å². The predicted molar refractivity (Wildman–Crippen MR) is 101 cm³/mol. The first-order chi connectivity index (χ1) is 13.6. The van der Waals surface area contributed by atoms with Gasteiger partial charge < -0.3 is 15.0 Å². The number of ether oxygens (including phenoxy) is 1. The molecular formula is C20H19N5O3. The molecule has 1 unspecified atom stereocenters. The number of nitrogens with one attached hydrogen (secondary N) is 1. The first-order valence-electron chi connectivity index (χ1n) is 9.28. The largest absolute Gasteiger partial charge is 0.439 e. The molecule has 28 heavy (non-hydrogen) atoms. The van der Waals surface area contributed by atoms with Gasteiger partial charge in [0.15, 0.2) is 5.65 Å². The van der Waals surface area contributed by atoms with E-state index < -0.39 is 11.7 Å². The lowest BCUT2D eigenvalue weighted by Gasteiger charge is -2.38. The molecule has 142 valence electrons. The van der Waals surface area contributed by atoms with E-state index in [0.717, 1.165) is 18.5 Å². The van der Waals surface area contributed by atoms with E-state index in [1.54, 1.807) is 23.5 Å². The summed E-state index contributed by atoms with van der Waals surface area (Å²) in [5.41, 5.74) is 2.20. The second-order valence-electron chi connectivity index (χ2n) is 7.27. The Morgan fingerprint density at radius 1 is 1.21 bits per heavy atom. The fraction of sp³-hybridized carbons (Fsp3) is 0.300. The number of likely N-dealkylation sites (tertiary alicyclic amines) is 1. The van der Waals surface area contributed by atoms with Crippen LogP contribution < -0.4 is 5.32 Å². The summed E-state index contributed by atoms with van der Waals surface area (Å²) in [6.45, 7) is 1.46. The Hall–Kier alpha value is -3.42. The molecule has 0 bridgehead atoms. The van der Waals surface area contributed by atoms with E-state index in [0.29, 0.717) is 36.4 Å². The van der Waals surface area contributed by atoms with Crippen LogP contribution in [0.1, 0.15) is 23.2 Å². The summed E-state index contributed by atoms with van der Waals surface area (Å²) in [5.74, 6) is -0.120. The number of carbonyl (C=O) groups is 2. The Morgan fingerprint density at radius 2 is 2.07 bits per heavy atom. The second kappa shape index (κ2) is 6.33. The van der Waals surface area contributed by atoms with Crippen LogP contribution in [0.5, 0.6) is 0 Å². The van der Waals surface area contributed by atoms with E-state index >= 15 is 0 Å². The van der Waals surface area contributed by atoms with Gasteiger partial charge in [-0.3, -0.25) is 9.36 Å². The van der Waals surface area contributed by atoms with Crippen LogP contribution in [0.4, 0.5) is 4.79 Å². The maximum absolute atomic E-state index is 13.0. The van der Waals surface area contributed by atoms with E-state index in [4.69, 9.17) is 4.74 Å². The molecule has 2 saturated heterocycles.